The smallest absolute Gasteiger partial charge is 0.384 e. The molecule has 1 fully saturated rings. The Hall–Kier alpha value is -3.65. The number of primary sulfonamides is 1. The maximum absolute atomic E-state index is 13.3. The number of sulfonamides is 1. The van der Waals surface area contributed by atoms with Gasteiger partial charge in [0.15, 0.2) is 0 Å². The van der Waals surface area contributed by atoms with Crippen molar-refractivity contribution in [3.05, 3.63) is 59.2 Å². The molecule has 14 heteroatoms. The quantitative estimate of drug-likeness (QED) is 0.250. The van der Waals surface area contributed by atoms with E-state index in [1.54, 1.807) is 0 Å². The fourth-order valence-electron chi connectivity index (χ4n) is 4.50. The molecule has 2 unspecified atom stereocenters. The second-order valence-electron chi connectivity index (χ2n) is 9.83. The molecule has 6 N–H and O–H groups in total. The molecule has 3 amide bonds. The lowest BCUT2D eigenvalue weighted by Gasteiger charge is -2.33. The van der Waals surface area contributed by atoms with Crippen molar-refractivity contribution < 1.29 is 36.0 Å². The van der Waals surface area contributed by atoms with Gasteiger partial charge in [-0.2, -0.15) is 13.2 Å². The van der Waals surface area contributed by atoms with Crippen molar-refractivity contribution in [3.63, 3.8) is 0 Å². The molecular weight excluding hydrogens is 563 g/mol. The van der Waals surface area contributed by atoms with Gasteiger partial charge in [0.25, 0.3) is 11.8 Å². The summed E-state index contributed by atoms with van der Waals surface area (Å²) in [5.74, 6) is -1.85. The standard InChI is InChI=1S/C27H34F3N5O5S/c1-2-3-14-32-21-13-10-18(27(28,29)30)15-20(21)26(38)33-16-24(36)34-22-6-4-5-7-23(22)35-25(37)17-8-11-19(12-9-17)41(31,39)40/h8-13,15,22-23,32H,2-7,14,16H2,1H3,(H,33,38)(H,34,36)(H,35,37)(H2,31,39,40). The van der Waals surface area contributed by atoms with Gasteiger partial charge in [-0.15, -0.1) is 0 Å². The summed E-state index contributed by atoms with van der Waals surface area (Å²) in [5, 5.41) is 16.1. The third kappa shape index (κ3) is 9.18. The van der Waals surface area contributed by atoms with Crippen LogP contribution >= 0.6 is 0 Å². The highest BCUT2D eigenvalue weighted by Gasteiger charge is 2.32. The van der Waals surface area contributed by atoms with Crippen LogP contribution in [-0.4, -0.2) is 51.3 Å². The van der Waals surface area contributed by atoms with E-state index in [2.05, 4.69) is 21.3 Å². The van der Waals surface area contributed by atoms with Crippen molar-refractivity contribution in [1.82, 2.24) is 16.0 Å². The molecule has 3 rings (SSSR count). The molecule has 2 aromatic carbocycles. The maximum atomic E-state index is 13.3. The van der Waals surface area contributed by atoms with Gasteiger partial charge in [-0.1, -0.05) is 26.2 Å². The Morgan fingerprint density at radius 1 is 0.951 bits per heavy atom. The molecule has 1 aliphatic rings. The highest BCUT2D eigenvalue weighted by atomic mass is 32.2. The summed E-state index contributed by atoms with van der Waals surface area (Å²) in [6.45, 7) is 1.94. The van der Waals surface area contributed by atoms with Gasteiger partial charge >= 0.3 is 6.18 Å². The van der Waals surface area contributed by atoms with Crippen molar-refractivity contribution in [1.29, 1.82) is 0 Å². The number of carbonyl (C=O) groups excluding carboxylic acids is 3. The van der Waals surface area contributed by atoms with Crippen LogP contribution in [0.1, 0.15) is 71.7 Å². The van der Waals surface area contributed by atoms with Gasteiger partial charge in [-0.05, 0) is 61.7 Å². The van der Waals surface area contributed by atoms with E-state index < -0.39 is 58.1 Å². The number of nitrogens with one attached hydrogen (secondary N) is 4. The monoisotopic (exact) mass is 597 g/mol. The second kappa shape index (κ2) is 13.8. The zero-order chi connectivity index (χ0) is 30.2. The third-order valence-corrected chi connectivity index (χ3v) is 7.65. The Morgan fingerprint density at radius 2 is 1.59 bits per heavy atom. The average Bonchev–Trinajstić information content (AvgIpc) is 2.92. The lowest BCUT2D eigenvalue weighted by atomic mass is 9.90. The zero-order valence-corrected chi connectivity index (χ0v) is 23.3. The minimum Gasteiger partial charge on any atom is -0.384 e. The largest absolute Gasteiger partial charge is 0.416 e. The fourth-order valence-corrected chi connectivity index (χ4v) is 5.02. The maximum Gasteiger partial charge on any atom is 0.416 e. The van der Waals surface area contributed by atoms with Gasteiger partial charge in [0.2, 0.25) is 15.9 Å². The Balaban J connectivity index is 1.62. The summed E-state index contributed by atoms with van der Waals surface area (Å²) in [6, 6.07) is 7.09. The van der Waals surface area contributed by atoms with Crippen molar-refractivity contribution >= 4 is 33.4 Å². The number of anilines is 1. The number of amides is 3. The number of nitrogens with two attached hydrogens (primary N) is 1. The molecule has 0 radical (unpaired) electrons. The van der Waals surface area contributed by atoms with Crippen LogP contribution in [0.5, 0.6) is 0 Å². The van der Waals surface area contributed by atoms with E-state index in [-0.39, 0.29) is 21.7 Å². The SMILES string of the molecule is CCCCNc1ccc(C(F)(F)F)cc1C(=O)NCC(=O)NC1CCCCC1NC(=O)c1ccc(S(N)(=O)=O)cc1. The molecule has 1 aliphatic carbocycles. The normalized spacial score (nSPS) is 17.4. The fraction of sp³-hybridized carbons (Fsp3) is 0.444. The highest BCUT2D eigenvalue weighted by molar-refractivity contribution is 7.89. The summed E-state index contributed by atoms with van der Waals surface area (Å²) in [4.78, 5) is 38.1. The molecule has 41 heavy (non-hydrogen) atoms. The molecule has 0 aliphatic heterocycles. The molecule has 0 saturated heterocycles. The van der Waals surface area contributed by atoms with Crippen molar-refractivity contribution in [2.75, 3.05) is 18.4 Å². The minimum absolute atomic E-state index is 0.132. The van der Waals surface area contributed by atoms with Gasteiger partial charge in [-0.3, -0.25) is 14.4 Å². The van der Waals surface area contributed by atoms with Crippen LogP contribution < -0.4 is 26.4 Å². The van der Waals surface area contributed by atoms with E-state index in [1.165, 1.54) is 30.3 Å². The van der Waals surface area contributed by atoms with Gasteiger partial charge in [0, 0.05) is 29.9 Å². The number of hydrogen-bond acceptors (Lipinski definition) is 6. The number of alkyl halides is 3. The van der Waals surface area contributed by atoms with Gasteiger partial charge < -0.3 is 21.3 Å². The van der Waals surface area contributed by atoms with E-state index in [4.69, 9.17) is 5.14 Å². The van der Waals surface area contributed by atoms with Crippen LogP contribution in [0.15, 0.2) is 47.4 Å². The predicted molar refractivity (Wildman–Crippen MR) is 147 cm³/mol. The van der Waals surface area contributed by atoms with Crippen molar-refractivity contribution in [3.8, 4) is 0 Å². The molecule has 0 spiro atoms. The van der Waals surface area contributed by atoms with Gasteiger partial charge in [0.1, 0.15) is 0 Å². The topological polar surface area (TPSA) is 159 Å². The molecular formula is C27H34F3N5O5S. The second-order valence-corrected chi connectivity index (χ2v) is 11.4. The Kier molecular flexibility index (Phi) is 10.7. The van der Waals surface area contributed by atoms with Crippen molar-refractivity contribution in [2.45, 2.75) is 68.6 Å². The molecule has 0 bridgehead atoms. The van der Waals surface area contributed by atoms with Crippen LogP contribution in [0.3, 0.4) is 0 Å². The van der Waals surface area contributed by atoms with Crippen LogP contribution in [0, 0.1) is 0 Å². The van der Waals surface area contributed by atoms with E-state index in [0.29, 0.717) is 19.4 Å². The predicted octanol–water partition coefficient (Wildman–Crippen LogP) is 3.15. The molecule has 2 aromatic rings. The Bertz CT molecular complexity index is 1350. The number of hydrogen-bond donors (Lipinski definition) is 5. The van der Waals surface area contributed by atoms with E-state index in [1.807, 2.05) is 6.92 Å². The molecule has 0 aromatic heterocycles. The van der Waals surface area contributed by atoms with Gasteiger partial charge in [0.05, 0.1) is 22.6 Å². The Morgan fingerprint density at radius 3 is 2.17 bits per heavy atom. The minimum atomic E-state index is -4.64. The summed E-state index contributed by atoms with van der Waals surface area (Å²) < 4.78 is 62.7. The summed E-state index contributed by atoms with van der Waals surface area (Å²) in [5.41, 5.74) is -0.755. The van der Waals surface area contributed by atoms with E-state index in [0.717, 1.165) is 37.8 Å². The van der Waals surface area contributed by atoms with Crippen LogP contribution in [0.25, 0.3) is 0 Å². The zero-order valence-electron chi connectivity index (χ0n) is 22.5. The number of unbranched alkanes of at least 4 members (excludes halogenated alkanes) is 1. The van der Waals surface area contributed by atoms with Gasteiger partial charge in [-0.25, -0.2) is 13.6 Å². The third-order valence-electron chi connectivity index (χ3n) is 6.72. The first-order valence-corrected chi connectivity index (χ1v) is 14.8. The lowest BCUT2D eigenvalue weighted by molar-refractivity contribution is -0.137. The van der Waals surface area contributed by atoms with E-state index >= 15 is 0 Å². The average molecular weight is 598 g/mol. The Labute approximate surface area is 236 Å². The van der Waals surface area contributed by atoms with Crippen LogP contribution in [0.4, 0.5) is 18.9 Å². The molecule has 224 valence electrons. The van der Waals surface area contributed by atoms with E-state index in [9.17, 15) is 36.0 Å². The first-order valence-electron chi connectivity index (χ1n) is 13.3. The molecule has 2 atom stereocenters. The summed E-state index contributed by atoms with van der Waals surface area (Å²) >= 11 is 0. The first-order chi connectivity index (χ1) is 19.3. The number of rotatable bonds is 11. The highest BCUT2D eigenvalue weighted by Crippen LogP contribution is 2.32. The van der Waals surface area contributed by atoms with Crippen LogP contribution in [-0.2, 0) is 21.0 Å². The number of carbonyl (C=O) groups is 3. The first kappa shape index (κ1) is 31.9. The van der Waals surface area contributed by atoms with Crippen molar-refractivity contribution in [2.24, 2.45) is 5.14 Å². The van der Waals surface area contributed by atoms with Crippen LogP contribution in [0.2, 0.25) is 0 Å². The summed E-state index contributed by atoms with van der Waals surface area (Å²) in [7, 11) is -3.90. The lowest BCUT2D eigenvalue weighted by Crippen LogP contribution is -2.54. The number of halogens is 3. The summed E-state index contributed by atoms with van der Waals surface area (Å²) in [6.07, 6.45) is -0.290. The number of benzene rings is 2. The molecule has 10 nitrogen and oxygen atoms in total. The molecule has 0 heterocycles. The molecule has 1 saturated carbocycles.